The van der Waals surface area contributed by atoms with Gasteiger partial charge in [-0.25, -0.2) is 13.6 Å². The number of hydrogen-bond acceptors (Lipinski definition) is 4. The van der Waals surface area contributed by atoms with Gasteiger partial charge in [-0.15, -0.1) is 0 Å². The minimum Gasteiger partial charge on any atom is -0.507 e. The van der Waals surface area contributed by atoms with Crippen LogP contribution >= 0.6 is 0 Å². The Morgan fingerprint density at radius 3 is 2.51 bits per heavy atom. The van der Waals surface area contributed by atoms with E-state index in [1.165, 1.54) is 13.2 Å². The standard InChI is InChI=1S/C27H31F2NO5/c1-6-27(34-5,24(32)33)13-12-26(4)22-21-19(8-7-9-20(21)31)30(23(22)25(2,3)15-35-26)16-10-11-17(28)18(29)14-16/h7-11,14,31H,6,12-13,15H2,1-5H3,(H,32,33)/t26-,27?/m1/s1. The number of aromatic nitrogens is 1. The summed E-state index contributed by atoms with van der Waals surface area (Å²) >= 11 is 0. The Labute approximate surface area is 203 Å². The molecule has 3 aromatic rings. The van der Waals surface area contributed by atoms with E-state index in [9.17, 15) is 23.8 Å². The number of nitrogens with zero attached hydrogens (tertiary/aromatic N) is 1. The quantitative estimate of drug-likeness (QED) is 0.440. The Bertz CT molecular complexity index is 1290. The molecule has 0 saturated heterocycles. The molecule has 188 valence electrons. The molecule has 1 unspecified atom stereocenters. The number of carboxylic acid groups (broad SMARTS) is 1. The van der Waals surface area contributed by atoms with E-state index in [0.717, 1.165) is 17.8 Å². The molecule has 35 heavy (non-hydrogen) atoms. The second-order valence-corrected chi connectivity index (χ2v) is 10.1. The highest BCUT2D eigenvalue weighted by atomic mass is 19.2. The Hall–Kier alpha value is -2.97. The average molecular weight is 488 g/mol. The fourth-order valence-electron chi connectivity index (χ4n) is 5.26. The number of phenols is 1. The number of ether oxygens (including phenoxy) is 2. The van der Waals surface area contributed by atoms with E-state index in [1.54, 1.807) is 19.1 Å². The van der Waals surface area contributed by atoms with Gasteiger partial charge in [0.25, 0.3) is 0 Å². The van der Waals surface area contributed by atoms with Crippen molar-refractivity contribution in [2.45, 2.75) is 63.6 Å². The van der Waals surface area contributed by atoms with Crippen LogP contribution in [0.2, 0.25) is 0 Å². The lowest BCUT2D eigenvalue weighted by Crippen LogP contribution is -2.45. The van der Waals surface area contributed by atoms with Crippen molar-refractivity contribution in [1.82, 2.24) is 4.57 Å². The summed E-state index contributed by atoms with van der Waals surface area (Å²) < 4.78 is 41.8. The lowest BCUT2D eigenvalue weighted by atomic mass is 9.75. The number of aromatic hydroxyl groups is 1. The first kappa shape index (κ1) is 25.1. The van der Waals surface area contributed by atoms with Crippen molar-refractivity contribution < 1.29 is 33.3 Å². The van der Waals surface area contributed by atoms with Crippen LogP contribution in [0.4, 0.5) is 8.78 Å². The summed E-state index contributed by atoms with van der Waals surface area (Å²) in [6, 6.07) is 8.80. The molecule has 2 atom stereocenters. The number of benzene rings is 2. The molecule has 0 saturated carbocycles. The van der Waals surface area contributed by atoms with Crippen LogP contribution in [-0.2, 0) is 25.3 Å². The number of fused-ring (bicyclic) bond motifs is 3. The third-order valence-electron chi connectivity index (χ3n) is 7.41. The molecule has 0 radical (unpaired) electrons. The summed E-state index contributed by atoms with van der Waals surface area (Å²) in [4.78, 5) is 12.0. The Morgan fingerprint density at radius 2 is 1.91 bits per heavy atom. The van der Waals surface area contributed by atoms with Crippen molar-refractivity contribution >= 4 is 16.9 Å². The molecule has 2 aromatic carbocycles. The van der Waals surface area contributed by atoms with Gasteiger partial charge in [-0.2, -0.15) is 0 Å². The second kappa shape index (κ2) is 8.60. The molecule has 8 heteroatoms. The number of hydrogen-bond donors (Lipinski definition) is 2. The molecule has 0 fully saturated rings. The van der Waals surface area contributed by atoms with Crippen LogP contribution in [0, 0.1) is 11.6 Å². The number of aliphatic carboxylic acids is 1. The predicted octanol–water partition coefficient (Wildman–Crippen LogP) is 5.80. The first-order chi connectivity index (χ1) is 16.4. The molecule has 6 nitrogen and oxygen atoms in total. The summed E-state index contributed by atoms with van der Waals surface area (Å²) in [6.07, 6.45) is 0.752. The molecule has 0 spiro atoms. The van der Waals surface area contributed by atoms with Gasteiger partial charge in [0.1, 0.15) is 5.75 Å². The highest BCUT2D eigenvalue weighted by Crippen LogP contribution is 2.52. The largest absolute Gasteiger partial charge is 0.507 e. The smallest absolute Gasteiger partial charge is 0.335 e. The van der Waals surface area contributed by atoms with Crippen molar-refractivity contribution in [3.05, 3.63) is 59.3 Å². The summed E-state index contributed by atoms with van der Waals surface area (Å²) in [5.41, 5.74) is -0.357. The maximum atomic E-state index is 14.3. The Kier molecular flexibility index (Phi) is 6.18. The van der Waals surface area contributed by atoms with Crippen LogP contribution in [0.1, 0.15) is 58.2 Å². The minimum atomic E-state index is -1.38. The normalized spacial score (nSPS) is 21.0. The fraction of sp³-hybridized carbons (Fsp3) is 0.444. The third kappa shape index (κ3) is 3.89. The molecule has 0 amide bonds. The zero-order valence-electron chi connectivity index (χ0n) is 20.6. The van der Waals surface area contributed by atoms with Crippen molar-refractivity contribution in [2.24, 2.45) is 0 Å². The van der Waals surface area contributed by atoms with Crippen LogP contribution in [0.3, 0.4) is 0 Å². The van der Waals surface area contributed by atoms with Gasteiger partial charge in [0, 0.05) is 40.9 Å². The number of carboxylic acids is 1. The molecule has 1 aliphatic rings. The van der Waals surface area contributed by atoms with Crippen LogP contribution in [0.5, 0.6) is 5.75 Å². The van der Waals surface area contributed by atoms with E-state index in [0.29, 0.717) is 35.2 Å². The van der Waals surface area contributed by atoms with E-state index in [2.05, 4.69) is 0 Å². The molecule has 2 heterocycles. The molecule has 1 aromatic heterocycles. The molecule has 4 rings (SSSR count). The molecule has 0 bridgehead atoms. The van der Waals surface area contributed by atoms with Crippen LogP contribution in [-0.4, -0.2) is 40.1 Å². The molecule has 2 N–H and O–H groups in total. The molecular formula is C27H31F2NO5. The second-order valence-electron chi connectivity index (χ2n) is 10.1. The average Bonchev–Trinajstić information content (AvgIpc) is 3.18. The summed E-state index contributed by atoms with van der Waals surface area (Å²) in [5.74, 6) is -2.94. The number of rotatable bonds is 7. The summed E-state index contributed by atoms with van der Waals surface area (Å²) in [5, 5.41) is 21.4. The highest BCUT2D eigenvalue weighted by molar-refractivity contribution is 5.94. The lowest BCUT2D eigenvalue weighted by molar-refractivity contribution is -0.166. The van der Waals surface area contributed by atoms with E-state index in [4.69, 9.17) is 9.47 Å². The monoisotopic (exact) mass is 487 g/mol. The van der Waals surface area contributed by atoms with E-state index in [-0.39, 0.29) is 18.6 Å². The summed E-state index contributed by atoms with van der Waals surface area (Å²) in [6.45, 7) is 7.91. The maximum absolute atomic E-state index is 14.3. The van der Waals surface area contributed by atoms with Gasteiger partial charge < -0.3 is 24.3 Å². The van der Waals surface area contributed by atoms with Gasteiger partial charge in [0.05, 0.1) is 17.7 Å². The molecule has 1 aliphatic heterocycles. The van der Waals surface area contributed by atoms with Gasteiger partial charge in [-0.1, -0.05) is 26.8 Å². The van der Waals surface area contributed by atoms with Crippen molar-refractivity contribution in [3.63, 3.8) is 0 Å². The zero-order chi connectivity index (χ0) is 25.8. The van der Waals surface area contributed by atoms with E-state index in [1.807, 2.05) is 31.4 Å². The van der Waals surface area contributed by atoms with Crippen LogP contribution in [0.15, 0.2) is 36.4 Å². The van der Waals surface area contributed by atoms with Crippen molar-refractivity contribution in [2.75, 3.05) is 13.7 Å². The van der Waals surface area contributed by atoms with E-state index < -0.39 is 34.2 Å². The van der Waals surface area contributed by atoms with Gasteiger partial charge in [0.15, 0.2) is 17.2 Å². The minimum absolute atomic E-state index is 0.0272. The molecule has 0 aliphatic carbocycles. The van der Waals surface area contributed by atoms with Gasteiger partial charge in [-0.3, -0.25) is 0 Å². The Balaban J connectivity index is 2.00. The van der Waals surface area contributed by atoms with E-state index >= 15 is 0 Å². The van der Waals surface area contributed by atoms with Gasteiger partial charge in [0.2, 0.25) is 0 Å². The topological polar surface area (TPSA) is 80.9 Å². The highest BCUT2D eigenvalue weighted by Gasteiger charge is 2.48. The summed E-state index contributed by atoms with van der Waals surface area (Å²) in [7, 11) is 1.39. The number of halogens is 2. The Morgan fingerprint density at radius 1 is 1.20 bits per heavy atom. The number of methoxy groups -OCH3 is 1. The third-order valence-corrected chi connectivity index (χ3v) is 7.41. The van der Waals surface area contributed by atoms with Crippen molar-refractivity contribution in [1.29, 1.82) is 0 Å². The first-order valence-electron chi connectivity index (χ1n) is 11.7. The fourth-order valence-corrected chi connectivity index (χ4v) is 5.26. The lowest BCUT2D eigenvalue weighted by Gasteiger charge is -2.44. The van der Waals surface area contributed by atoms with Crippen LogP contribution in [0.25, 0.3) is 16.6 Å². The van der Waals surface area contributed by atoms with Gasteiger partial charge in [-0.05, 0) is 50.5 Å². The van der Waals surface area contributed by atoms with Crippen LogP contribution < -0.4 is 0 Å². The number of phenolic OH excluding ortho intramolecular Hbond substituents is 1. The zero-order valence-corrected chi connectivity index (χ0v) is 20.6. The SMILES string of the molecule is CCC(CC[C@@]1(C)OCC(C)(C)c2c1c1c(O)cccc1n2-c1ccc(F)c(F)c1)(OC)C(=O)O. The first-order valence-corrected chi connectivity index (χ1v) is 11.7. The maximum Gasteiger partial charge on any atom is 0.335 e. The van der Waals surface area contributed by atoms with Gasteiger partial charge >= 0.3 is 5.97 Å². The number of carbonyl (C=O) groups is 1. The molecular weight excluding hydrogens is 456 g/mol. The predicted molar refractivity (Wildman–Crippen MR) is 128 cm³/mol. The van der Waals surface area contributed by atoms with Crippen molar-refractivity contribution in [3.8, 4) is 11.4 Å².